The number of alkyl halides is 5. The molecule has 1 aliphatic rings. The molecule has 196 valence electrons. The van der Waals surface area contributed by atoms with Gasteiger partial charge in [-0.1, -0.05) is 36.4 Å². The van der Waals surface area contributed by atoms with E-state index in [0.717, 1.165) is 6.08 Å². The molecule has 0 spiro atoms. The Bertz CT molecular complexity index is 1300. The minimum absolute atomic E-state index is 0.0123. The van der Waals surface area contributed by atoms with Gasteiger partial charge in [0, 0.05) is 6.07 Å². The molecule has 1 aromatic carbocycles. The van der Waals surface area contributed by atoms with Gasteiger partial charge in [0.15, 0.2) is 0 Å². The smallest absolute Gasteiger partial charge is 0.421 e. The van der Waals surface area contributed by atoms with Crippen molar-refractivity contribution in [3.8, 4) is 17.5 Å². The van der Waals surface area contributed by atoms with E-state index in [-0.39, 0.29) is 25.5 Å². The van der Waals surface area contributed by atoms with Crippen LogP contribution in [0.3, 0.4) is 0 Å². The molecule has 9 nitrogen and oxygen atoms in total. The molecule has 2 atom stereocenters. The number of hydrogen-bond acceptors (Lipinski definition) is 8. The molecule has 14 heteroatoms. The highest BCUT2D eigenvalue weighted by Gasteiger charge is 2.44. The zero-order valence-electron chi connectivity index (χ0n) is 19.1. The Hall–Kier alpha value is -3.94. The lowest BCUT2D eigenvalue weighted by Gasteiger charge is -2.22. The summed E-state index contributed by atoms with van der Waals surface area (Å²) in [5, 5.41) is 18.7. The van der Waals surface area contributed by atoms with Crippen molar-refractivity contribution in [3.63, 3.8) is 0 Å². The third-order valence-electron chi connectivity index (χ3n) is 5.34. The van der Waals surface area contributed by atoms with Crippen LogP contribution in [-0.2, 0) is 17.5 Å². The molecule has 3 aromatic rings. The zero-order chi connectivity index (χ0) is 26.8. The van der Waals surface area contributed by atoms with Gasteiger partial charge in [-0.05, 0) is 31.4 Å². The van der Waals surface area contributed by atoms with Gasteiger partial charge in [-0.15, -0.1) is 10.2 Å². The van der Waals surface area contributed by atoms with Gasteiger partial charge < -0.3 is 13.9 Å². The summed E-state index contributed by atoms with van der Waals surface area (Å²) in [5.74, 6) is -6.09. The average Bonchev–Trinajstić information content (AvgIpc) is 3.30. The Kier molecular flexibility index (Phi) is 7.21. The van der Waals surface area contributed by atoms with E-state index in [1.54, 1.807) is 30.3 Å². The van der Waals surface area contributed by atoms with Gasteiger partial charge in [0.25, 0.3) is 11.8 Å². The SMILES string of the molecule is C[C@@H]1CC/C=C\C(F)(F)C(OCc2ccccc2)c2nnc(o2)-c2nc(c(C(F)(F)F)cc2[N+](=O)[O-])O1. The molecule has 0 aliphatic carbocycles. The van der Waals surface area contributed by atoms with Crippen molar-refractivity contribution in [1.82, 2.24) is 15.2 Å². The number of allylic oxidation sites excluding steroid dienone is 1. The molecular formula is C23H19F5N4O5. The molecule has 0 fully saturated rings. The monoisotopic (exact) mass is 526 g/mol. The Morgan fingerprint density at radius 3 is 2.62 bits per heavy atom. The maximum Gasteiger partial charge on any atom is 0.421 e. The summed E-state index contributed by atoms with van der Waals surface area (Å²) in [7, 11) is 0. The van der Waals surface area contributed by atoms with Crippen LogP contribution in [0.15, 0.2) is 53.0 Å². The highest BCUT2D eigenvalue weighted by atomic mass is 19.4. The van der Waals surface area contributed by atoms with Crippen LogP contribution in [0.5, 0.6) is 5.88 Å². The fourth-order valence-corrected chi connectivity index (χ4v) is 3.52. The van der Waals surface area contributed by atoms with Gasteiger partial charge in [0.05, 0.1) is 17.6 Å². The van der Waals surface area contributed by atoms with Crippen LogP contribution >= 0.6 is 0 Å². The number of aromatic nitrogens is 3. The van der Waals surface area contributed by atoms with Gasteiger partial charge in [-0.3, -0.25) is 10.1 Å². The van der Waals surface area contributed by atoms with Crippen LogP contribution in [-0.4, -0.2) is 32.1 Å². The minimum atomic E-state index is -5.03. The standard InChI is InChI=1S/C23H19F5N4O5/c1-13-7-5-6-10-22(24,25)18(35-12-14-8-3-2-4-9-14)21-31-30-20(37-21)17-16(32(33)34)11-15(23(26,27)28)19(29-17)36-13/h2-4,6,8-11,13,18H,5,7,12H2,1H3/b10-6-/t13-,18?/m1/s1. The molecule has 3 heterocycles. The number of nitrogens with zero attached hydrogens (tertiary/aromatic N) is 4. The molecule has 37 heavy (non-hydrogen) atoms. The van der Waals surface area contributed by atoms with Gasteiger partial charge in [-0.2, -0.15) is 22.0 Å². The number of rotatable bonds is 4. The molecule has 0 amide bonds. The molecule has 0 N–H and O–H groups in total. The molecule has 0 saturated carbocycles. The molecule has 1 unspecified atom stereocenters. The number of pyridine rings is 1. The highest BCUT2D eigenvalue weighted by molar-refractivity contribution is 5.64. The molecule has 1 aliphatic heterocycles. The van der Waals surface area contributed by atoms with Crippen molar-refractivity contribution >= 4 is 5.69 Å². The number of halogens is 5. The third-order valence-corrected chi connectivity index (χ3v) is 5.34. The van der Waals surface area contributed by atoms with E-state index in [9.17, 15) is 23.3 Å². The second-order valence-electron chi connectivity index (χ2n) is 8.17. The Balaban J connectivity index is 1.84. The molecule has 0 saturated heterocycles. The van der Waals surface area contributed by atoms with Gasteiger partial charge in [0.2, 0.25) is 17.7 Å². The normalized spacial score (nSPS) is 20.5. The van der Waals surface area contributed by atoms with E-state index in [2.05, 4.69) is 15.2 Å². The highest BCUT2D eigenvalue weighted by Crippen LogP contribution is 2.42. The predicted octanol–water partition coefficient (Wildman–Crippen LogP) is 6.07. The largest absolute Gasteiger partial charge is 0.474 e. The maximum absolute atomic E-state index is 15.2. The lowest BCUT2D eigenvalue weighted by Crippen LogP contribution is -2.27. The first-order chi connectivity index (χ1) is 17.5. The Morgan fingerprint density at radius 2 is 1.95 bits per heavy atom. The number of ether oxygens (including phenoxy) is 2. The van der Waals surface area contributed by atoms with Crippen molar-refractivity contribution in [2.75, 3.05) is 0 Å². The van der Waals surface area contributed by atoms with E-state index in [1.807, 2.05) is 0 Å². The lowest BCUT2D eigenvalue weighted by molar-refractivity contribution is -0.384. The number of fused-ring (bicyclic) bond motifs is 5. The summed E-state index contributed by atoms with van der Waals surface area (Å²) in [4.78, 5) is 14.1. The van der Waals surface area contributed by atoms with E-state index < -0.39 is 63.8 Å². The van der Waals surface area contributed by atoms with Crippen molar-refractivity contribution < 1.29 is 40.8 Å². The predicted molar refractivity (Wildman–Crippen MR) is 117 cm³/mol. The summed E-state index contributed by atoms with van der Waals surface area (Å²) in [5.41, 5.74) is -2.80. The molecule has 0 radical (unpaired) electrons. The van der Waals surface area contributed by atoms with Crippen molar-refractivity contribution in [2.45, 2.75) is 50.7 Å². The van der Waals surface area contributed by atoms with Gasteiger partial charge >= 0.3 is 17.8 Å². The Morgan fingerprint density at radius 1 is 1.22 bits per heavy atom. The zero-order valence-corrected chi connectivity index (χ0v) is 19.1. The fourth-order valence-electron chi connectivity index (χ4n) is 3.52. The average molecular weight is 526 g/mol. The summed E-state index contributed by atoms with van der Waals surface area (Å²) in [6.45, 7) is 1.15. The van der Waals surface area contributed by atoms with Crippen LogP contribution in [0, 0.1) is 10.1 Å². The number of nitro groups is 1. The first-order valence-electron chi connectivity index (χ1n) is 10.9. The quantitative estimate of drug-likeness (QED) is 0.174. The van der Waals surface area contributed by atoms with Crippen LogP contribution in [0.4, 0.5) is 27.6 Å². The maximum atomic E-state index is 15.2. The summed E-state index contributed by atoms with van der Waals surface area (Å²) in [6, 6.07) is 8.63. The second kappa shape index (κ2) is 10.2. The first-order valence-corrected chi connectivity index (χ1v) is 10.9. The topological polar surface area (TPSA) is 113 Å². The van der Waals surface area contributed by atoms with Gasteiger partial charge in [0.1, 0.15) is 5.56 Å². The molecular weight excluding hydrogens is 507 g/mol. The van der Waals surface area contributed by atoms with Crippen LogP contribution in [0.2, 0.25) is 0 Å². The molecule has 4 rings (SSSR count). The minimum Gasteiger partial charge on any atom is -0.474 e. The number of benzene rings is 1. The summed E-state index contributed by atoms with van der Waals surface area (Å²) >= 11 is 0. The van der Waals surface area contributed by atoms with Crippen LogP contribution in [0.1, 0.15) is 42.9 Å². The Labute approximate surface area is 206 Å². The summed E-state index contributed by atoms with van der Waals surface area (Å²) < 4.78 is 87.4. The van der Waals surface area contributed by atoms with E-state index in [1.165, 1.54) is 6.92 Å². The van der Waals surface area contributed by atoms with Crippen molar-refractivity contribution in [1.29, 1.82) is 0 Å². The van der Waals surface area contributed by atoms with E-state index in [0.29, 0.717) is 11.6 Å². The first kappa shape index (κ1) is 26.1. The summed E-state index contributed by atoms with van der Waals surface area (Å²) in [6.07, 6.45) is -6.27. The van der Waals surface area contributed by atoms with Gasteiger partial charge in [-0.25, -0.2) is 4.98 Å². The molecule has 2 aromatic heterocycles. The van der Waals surface area contributed by atoms with Crippen LogP contribution in [0.25, 0.3) is 11.6 Å². The molecule has 4 bridgehead atoms. The van der Waals surface area contributed by atoms with Crippen molar-refractivity contribution in [3.05, 3.63) is 75.7 Å². The second-order valence-corrected chi connectivity index (χ2v) is 8.17. The fraction of sp³-hybridized carbons (Fsp3) is 0.348. The van der Waals surface area contributed by atoms with E-state index in [4.69, 9.17) is 13.9 Å². The van der Waals surface area contributed by atoms with Crippen molar-refractivity contribution in [2.24, 2.45) is 0 Å². The third kappa shape index (κ3) is 5.90. The lowest BCUT2D eigenvalue weighted by atomic mass is 10.1. The van der Waals surface area contributed by atoms with Crippen LogP contribution < -0.4 is 4.74 Å². The number of hydrogen-bond donors (Lipinski definition) is 0. The van der Waals surface area contributed by atoms with E-state index >= 15 is 8.78 Å².